The first-order valence-corrected chi connectivity index (χ1v) is 10.3. The zero-order valence-electron chi connectivity index (χ0n) is 16.6. The van der Waals surface area contributed by atoms with Gasteiger partial charge in [0.1, 0.15) is 5.00 Å². The summed E-state index contributed by atoms with van der Waals surface area (Å²) >= 11 is 1.46. The van der Waals surface area contributed by atoms with Crippen LogP contribution in [-0.4, -0.2) is 67.4 Å². The van der Waals surface area contributed by atoms with E-state index in [0.717, 1.165) is 29.7 Å². The van der Waals surface area contributed by atoms with Crippen LogP contribution >= 0.6 is 11.3 Å². The Morgan fingerprint density at radius 1 is 1.11 bits per heavy atom. The number of hydrogen-bond donors (Lipinski definition) is 1. The van der Waals surface area contributed by atoms with E-state index in [9.17, 15) is 14.4 Å². The van der Waals surface area contributed by atoms with Gasteiger partial charge in [0.25, 0.3) is 0 Å². The summed E-state index contributed by atoms with van der Waals surface area (Å²) in [4.78, 5) is 41.5. The van der Waals surface area contributed by atoms with Crippen LogP contribution in [0.2, 0.25) is 0 Å². The first-order valence-electron chi connectivity index (χ1n) is 9.48. The molecule has 1 aliphatic rings. The number of fused-ring (bicyclic) bond motifs is 1. The van der Waals surface area contributed by atoms with Crippen molar-refractivity contribution in [3.05, 3.63) is 16.0 Å². The summed E-state index contributed by atoms with van der Waals surface area (Å²) in [5, 5.41) is 3.41. The van der Waals surface area contributed by atoms with Gasteiger partial charge in [-0.15, -0.1) is 11.3 Å². The van der Waals surface area contributed by atoms with Gasteiger partial charge < -0.3 is 15.0 Å². The lowest BCUT2D eigenvalue weighted by Gasteiger charge is -2.22. The summed E-state index contributed by atoms with van der Waals surface area (Å²) in [7, 11) is 1.74. The third-order valence-corrected chi connectivity index (χ3v) is 5.80. The second kappa shape index (κ2) is 9.85. The largest absolute Gasteiger partial charge is 0.462 e. The van der Waals surface area contributed by atoms with Crippen LogP contribution in [0.1, 0.15) is 48.0 Å². The fraction of sp³-hybridized carbons (Fsp3) is 0.632. The Morgan fingerprint density at radius 3 is 2.44 bits per heavy atom. The zero-order chi connectivity index (χ0) is 20.0. The molecule has 2 amide bonds. The maximum atomic E-state index is 12.4. The molecule has 150 valence electrons. The van der Waals surface area contributed by atoms with E-state index in [1.54, 1.807) is 23.8 Å². The normalized spacial score (nSPS) is 12.8. The standard InChI is InChI=1S/C19H29N3O4S/c1-5-22(6-2)16(24)12-21(4)11-15(23)20-18-17(19(25)26-7-3)13-9-8-10-14(13)27-18/h5-12H2,1-4H3,(H,20,23). The number of thiophene rings is 1. The Hall–Kier alpha value is -1.93. The lowest BCUT2D eigenvalue weighted by molar-refractivity contribution is -0.132. The highest BCUT2D eigenvalue weighted by atomic mass is 32.1. The van der Waals surface area contributed by atoms with E-state index in [0.29, 0.717) is 30.3 Å². The topological polar surface area (TPSA) is 79.0 Å². The Labute approximate surface area is 164 Å². The Balaban J connectivity index is 2.01. The Morgan fingerprint density at radius 2 is 1.81 bits per heavy atom. The van der Waals surface area contributed by atoms with E-state index < -0.39 is 0 Å². The molecule has 0 fully saturated rings. The number of nitrogens with zero attached hydrogens (tertiary/aromatic N) is 2. The number of anilines is 1. The molecule has 0 aliphatic heterocycles. The van der Waals surface area contributed by atoms with Crippen molar-refractivity contribution in [3.8, 4) is 0 Å². The van der Waals surface area contributed by atoms with E-state index in [2.05, 4.69) is 5.32 Å². The summed E-state index contributed by atoms with van der Waals surface area (Å²) in [6, 6.07) is 0. The second-order valence-electron chi connectivity index (χ2n) is 6.57. The molecule has 0 saturated carbocycles. The maximum Gasteiger partial charge on any atom is 0.341 e. The average molecular weight is 396 g/mol. The van der Waals surface area contributed by atoms with Crippen molar-refractivity contribution in [1.29, 1.82) is 0 Å². The van der Waals surface area contributed by atoms with Gasteiger partial charge in [0.2, 0.25) is 11.8 Å². The van der Waals surface area contributed by atoms with Crippen molar-refractivity contribution >= 4 is 34.1 Å². The van der Waals surface area contributed by atoms with E-state index >= 15 is 0 Å². The second-order valence-corrected chi connectivity index (χ2v) is 7.67. The Bertz CT molecular complexity index is 697. The highest BCUT2D eigenvalue weighted by Gasteiger charge is 2.28. The molecule has 0 aromatic carbocycles. The molecule has 2 rings (SSSR count). The monoisotopic (exact) mass is 395 g/mol. The molecule has 27 heavy (non-hydrogen) atoms. The third kappa shape index (κ3) is 5.29. The lowest BCUT2D eigenvalue weighted by Crippen LogP contribution is -2.41. The van der Waals surface area contributed by atoms with Gasteiger partial charge in [-0.3, -0.25) is 14.5 Å². The number of hydrogen-bond acceptors (Lipinski definition) is 6. The Kier molecular flexibility index (Phi) is 7.79. The first kappa shape index (κ1) is 21.4. The predicted molar refractivity (Wildman–Crippen MR) is 106 cm³/mol. The minimum Gasteiger partial charge on any atom is -0.462 e. The lowest BCUT2D eigenvalue weighted by atomic mass is 10.1. The first-order chi connectivity index (χ1) is 12.9. The maximum absolute atomic E-state index is 12.4. The van der Waals surface area contributed by atoms with Crippen molar-refractivity contribution in [2.45, 2.75) is 40.0 Å². The van der Waals surface area contributed by atoms with Crippen molar-refractivity contribution in [2.75, 3.05) is 45.2 Å². The van der Waals surface area contributed by atoms with Gasteiger partial charge in [-0.1, -0.05) is 0 Å². The van der Waals surface area contributed by atoms with Crippen LogP contribution < -0.4 is 5.32 Å². The molecule has 0 spiro atoms. The van der Waals surface area contributed by atoms with Gasteiger partial charge in [0, 0.05) is 18.0 Å². The quantitative estimate of drug-likeness (QED) is 0.648. The fourth-order valence-electron chi connectivity index (χ4n) is 3.29. The van der Waals surface area contributed by atoms with Crippen molar-refractivity contribution < 1.29 is 19.1 Å². The van der Waals surface area contributed by atoms with Crippen LogP contribution in [-0.2, 0) is 27.2 Å². The number of carbonyl (C=O) groups excluding carboxylic acids is 3. The molecule has 0 bridgehead atoms. The molecule has 0 unspecified atom stereocenters. The molecular weight excluding hydrogens is 366 g/mol. The fourth-order valence-corrected chi connectivity index (χ4v) is 4.58. The summed E-state index contributed by atoms with van der Waals surface area (Å²) in [5.74, 6) is -0.620. The number of esters is 1. The number of aryl methyl sites for hydroxylation is 1. The van der Waals surface area contributed by atoms with Crippen LogP contribution in [0.5, 0.6) is 0 Å². The highest BCUT2D eigenvalue weighted by molar-refractivity contribution is 7.17. The van der Waals surface area contributed by atoms with Gasteiger partial charge in [-0.25, -0.2) is 4.79 Å². The molecule has 1 N–H and O–H groups in total. The van der Waals surface area contributed by atoms with E-state index in [-0.39, 0.29) is 30.9 Å². The molecule has 1 aliphatic carbocycles. The predicted octanol–water partition coefficient (Wildman–Crippen LogP) is 2.15. The molecule has 0 saturated heterocycles. The van der Waals surface area contributed by atoms with Gasteiger partial charge in [0.15, 0.2) is 0 Å². The average Bonchev–Trinajstić information content (AvgIpc) is 3.16. The number of carbonyl (C=O) groups is 3. The molecule has 0 radical (unpaired) electrons. The third-order valence-electron chi connectivity index (χ3n) is 4.59. The SMILES string of the molecule is CCOC(=O)c1c(NC(=O)CN(C)CC(=O)N(CC)CC)sc2c1CCC2. The van der Waals surface area contributed by atoms with Gasteiger partial charge in [-0.2, -0.15) is 0 Å². The molecular formula is C19H29N3O4S. The van der Waals surface area contributed by atoms with Crippen LogP contribution in [0.4, 0.5) is 5.00 Å². The van der Waals surface area contributed by atoms with Crippen molar-refractivity contribution in [1.82, 2.24) is 9.80 Å². The molecule has 0 atom stereocenters. The van der Waals surface area contributed by atoms with Crippen LogP contribution in [0.15, 0.2) is 0 Å². The number of rotatable bonds is 9. The summed E-state index contributed by atoms with van der Waals surface area (Å²) in [5.41, 5.74) is 1.52. The minimum atomic E-state index is -0.378. The van der Waals surface area contributed by atoms with Crippen molar-refractivity contribution in [2.24, 2.45) is 0 Å². The van der Waals surface area contributed by atoms with E-state index in [1.807, 2.05) is 13.8 Å². The van der Waals surface area contributed by atoms with Gasteiger partial charge in [0.05, 0.1) is 25.3 Å². The van der Waals surface area contributed by atoms with Gasteiger partial charge >= 0.3 is 5.97 Å². The highest BCUT2D eigenvalue weighted by Crippen LogP contribution is 2.39. The minimum absolute atomic E-state index is 0.00221. The smallest absolute Gasteiger partial charge is 0.341 e. The number of amides is 2. The zero-order valence-corrected chi connectivity index (χ0v) is 17.4. The number of ether oxygens (including phenoxy) is 1. The summed E-state index contributed by atoms with van der Waals surface area (Å²) < 4.78 is 5.17. The van der Waals surface area contributed by atoms with Crippen LogP contribution in [0.3, 0.4) is 0 Å². The number of nitrogens with one attached hydrogen (secondary N) is 1. The molecule has 1 aromatic heterocycles. The summed E-state index contributed by atoms with van der Waals surface area (Å²) in [6.07, 6.45) is 2.80. The molecule has 7 nitrogen and oxygen atoms in total. The van der Waals surface area contributed by atoms with E-state index in [4.69, 9.17) is 4.74 Å². The molecule has 8 heteroatoms. The molecule has 1 aromatic rings. The summed E-state index contributed by atoms with van der Waals surface area (Å²) in [6.45, 7) is 7.50. The van der Waals surface area contributed by atoms with Crippen molar-refractivity contribution in [3.63, 3.8) is 0 Å². The number of likely N-dealkylation sites (N-methyl/N-ethyl adjacent to an activating group) is 2. The van der Waals surface area contributed by atoms with E-state index in [1.165, 1.54) is 11.3 Å². The molecule has 1 heterocycles. The van der Waals surface area contributed by atoms with Crippen LogP contribution in [0, 0.1) is 0 Å². The van der Waals surface area contributed by atoms with Gasteiger partial charge in [-0.05, 0) is 52.6 Å². The van der Waals surface area contributed by atoms with Crippen LogP contribution in [0.25, 0.3) is 0 Å².